The molecule has 7 nitrogen and oxygen atoms in total. The smallest absolute Gasteiger partial charge is 0.360 e. The normalized spacial score (nSPS) is 11.3. The molecule has 3 aromatic rings. The van der Waals surface area contributed by atoms with Crippen LogP contribution in [0.5, 0.6) is 5.75 Å². The maximum absolute atomic E-state index is 12.2. The summed E-state index contributed by atoms with van der Waals surface area (Å²) < 4.78 is 6.74. The van der Waals surface area contributed by atoms with Gasteiger partial charge >= 0.3 is 5.97 Å². The number of ether oxygens (including phenoxy) is 1. The van der Waals surface area contributed by atoms with Crippen LogP contribution in [0.2, 0.25) is 0 Å². The molecule has 1 N–H and O–H groups in total. The highest BCUT2D eigenvalue weighted by Gasteiger charge is 2.20. The number of carbonyl (C=O) groups excluding carboxylic acids is 1. The van der Waals surface area contributed by atoms with Crippen LogP contribution in [0.1, 0.15) is 28.5 Å². The van der Waals surface area contributed by atoms with Crippen LogP contribution in [-0.2, 0) is 4.74 Å². The molecule has 0 saturated heterocycles. The Kier molecular flexibility index (Phi) is 4.47. The van der Waals surface area contributed by atoms with Crippen molar-refractivity contribution in [3.05, 3.63) is 53.3 Å². The van der Waals surface area contributed by atoms with E-state index in [1.807, 2.05) is 26.1 Å². The molecule has 0 atom stereocenters. The summed E-state index contributed by atoms with van der Waals surface area (Å²) >= 11 is 0. The summed E-state index contributed by atoms with van der Waals surface area (Å²) in [6, 6.07) is 8.72. The molecule has 0 bridgehead atoms. The van der Waals surface area contributed by atoms with Crippen molar-refractivity contribution in [3.63, 3.8) is 0 Å². The number of azo groups is 1. The number of hydrogen-bond donors (Lipinski definition) is 1. The van der Waals surface area contributed by atoms with Gasteiger partial charge in [-0.3, -0.25) is 4.40 Å². The highest BCUT2D eigenvalue weighted by Crippen LogP contribution is 2.30. The second-order valence-corrected chi connectivity index (χ2v) is 5.63. The van der Waals surface area contributed by atoms with Crippen molar-refractivity contribution in [2.24, 2.45) is 10.2 Å². The molecule has 0 radical (unpaired) electrons. The Labute approximate surface area is 144 Å². The predicted molar refractivity (Wildman–Crippen MR) is 92.9 cm³/mol. The zero-order valence-corrected chi connectivity index (χ0v) is 14.2. The van der Waals surface area contributed by atoms with Gasteiger partial charge in [0.15, 0.2) is 11.5 Å². The summed E-state index contributed by atoms with van der Waals surface area (Å²) in [7, 11) is 0. The molecule has 0 aliphatic carbocycles. The van der Waals surface area contributed by atoms with Gasteiger partial charge in [-0.2, -0.15) is 0 Å². The van der Waals surface area contributed by atoms with E-state index in [9.17, 15) is 9.90 Å². The molecule has 0 spiro atoms. The molecule has 25 heavy (non-hydrogen) atoms. The molecular weight excluding hydrogens is 320 g/mol. The van der Waals surface area contributed by atoms with Crippen LogP contribution in [0, 0.1) is 13.8 Å². The van der Waals surface area contributed by atoms with E-state index in [1.54, 1.807) is 35.6 Å². The maximum atomic E-state index is 12.2. The van der Waals surface area contributed by atoms with Gasteiger partial charge in [-0.05, 0) is 50.1 Å². The number of phenols is 1. The summed E-state index contributed by atoms with van der Waals surface area (Å²) in [5.41, 5.74) is 2.89. The van der Waals surface area contributed by atoms with E-state index < -0.39 is 5.97 Å². The van der Waals surface area contributed by atoms with E-state index in [4.69, 9.17) is 4.74 Å². The van der Waals surface area contributed by atoms with Gasteiger partial charge in [0.25, 0.3) is 0 Å². The topological polar surface area (TPSA) is 88.5 Å². The van der Waals surface area contributed by atoms with Crippen molar-refractivity contribution < 1.29 is 14.6 Å². The summed E-state index contributed by atoms with van der Waals surface area (Å²) in [6.45, 7) is 5.78. The fraction of sp³-hybridized carbons (Fsp3) is 0.222. The lowest BCUT2D eigenvalue weighted by atomic mass is 10.2. The molecule has 0 fully saturated rings. The molecule has 2 heterocycles. The molecular formula is C18H18N4O3. The monoisotopic (exact) mass is 338 g/mol. The van der Waals surface area contributed by atoms with Crippen LogP contribution in [0.15, 0.2) is 46.8 Å². The van der Waals surface area contributed by atoms with Crippen LogP contribution < -0.4 is 0 Å². The van der Waals surface area contributed by atoms with E-state index in [0.29, 0.717) is 11.3 Å². The van der Waals surface area contributed by atoms with Crippen LogP contribution in [-0.4, -0.2) is 27.1 Å². The number of esters is 1. The third kappa shape index (κ3) is 3.35. The Morgan fingerprint density at radius 2 is 1.96 bits per heavy atom. The SMILES string of the molecule is CCOC(=O)c1nc2ccc(C)cn2c1N=Nc1cc(C)ccc1O. The van der Waals surface area contributed by atoms with Gasteiger partial charge in [0.1, 0.15) is 17.1 Å². The number of aromatic nitrogens is 2. The fourth-order valence-electron chi connectivity index (χ4n) is 2.39. The molecule has 1 aromatic carbocycles. The summed E-state index contributed by atoms with van der Waals surface area (Å²) in [4.78, 5) is 16.5. The lowest BCUT2D eigenvalue weighted by molar-refractivity contribution is 0.0521. The highest BCUT2D eigenvalue weighted by molar-refractivity contribution is 5.93. The number of imidazole rings is 1. The number of nitrogens with zero attached hydrogens (tertiary/aromatic N) is 4. The van der Waals surface area contributed by atoms with Crippen molar-refractivity contribution in [2.75, 3.05) is 6.61 Å². The quantitative estimate of drug-likeness (QED) is 0.569. The molecule has 7 heteroatoms. The van der Waals surface area contributed by atoms with Gasteiger partial charge in [0.2, 0.25) is 0 Å². The van der Waals surface area contributed by atoms with Crippen LogP contribution >= 0.6 is 0 Å². The molecule has 2 aromatic heterocycles. The van der Waals surface area contributed by atoms with Crippen LogP contribution in [0.4, 0.5) is 11.5 Å². The first-order valence-corrected chi connectivity index (χ1v) is 7.86. The summed E-state index contributed by atoms with van der Waals surface area (Å²) in [6.07, 6.45) is 1.81. The van der Waals surface area contributed by atoms with Crippen molar-refractivity contribution in [1.82, 2.24) is 9.38 Å². The molecule has 128 valence electrons. The van der Waals surface area contributed by atoms with Gasteiger partial charge in [-0.1, -0.05) is 12.1 Å². The average molecular weight is 338 g/mol. The van der Waals surface area contributed by atoms with E-state index >= 15 is 0 Å². The number of rotatable bonds is 4. The van der Waals surface area contributed by atoms with Gasteiger partial charge in [-0.15, -0.1) is 10.2 Å². The van der Waals surface area contributed by atoms with Crippen LogP contribution in [0.25, 0.3) is 5.65 Å². The Morgan fingerprint density at radius 1 is 1.20 bits per heavy atom. The summed E-state index contributed by atoms with van der Waals surface area (Å²) in [5.74, 6) is -0.290. The minimum Gasteiger partial charge on any atom is -0.506 e. The van der Waals surface area contributed by atoms with E-state index in [2.05, 4.69) is 15.2 Å². The first kappa shape index (κ1) is 16.6. The zero-order chi connectivity index (χ0) is 18.0. The van der Waals surface area contributed by atoms with Crippen molar-refractivity contribution >= 4 is 23.1 Å². The first-order chi connectivity index (χ1) is 12.0. The zero-order valence-electron chi connectivity index (χ0n) is 14.2. The number of benzene rings is 1. The largest absolute Gasteiger partial charge is 0.506 e. The lowest BCUT2D eigenvalue weighted by Gasteiger charge is -2.02. The van der Waals surface area contributed by atoms with Crippen molar-refractivity contribution in [3.8, 4) is 5.75 Å². The van der Waals surface area contributed by atoms with Gasteiger partial charge in [0, 0.05) is 6.20 Å². The third-order valence-electron chi connectivity index (χ3n) is 3.59. The van der Waals surface area contributed by atoms with Gasteiger partial charge in [-0.25, -0.2) is 9.78 Å². The molecule has 0 amide bonds. The van der Waals surface area contributed by atoms with Crippen LogP contribution in [0.3, 0.4) is 0 Å². The van der Waals surface area contributed by atoms with E-state index in [1.165, 1.54) is 0 Å². The number of fused-ring (bicyclic) bond motifs is 1. The highest BCUT2D eigenvalue weighted by atomic mass is 16.5. The molecule has 3 rings (SSSR count). The number of carbonyl (C=O) groups is 1. The van der Waals surface area contributed by atoms with Crippen molar-refractivity contribution in [1.29, 1.82) is 0 Å². The van der Waals surface area contributed by atoms with E-state index in [-0.39, 0.29) is 23.9 Å². The number of phenolic OH excluding ortho intramolecular Hbond substituents is 1. The Bertz CT molecular complexity index is 976. The average Bonchev–Trinajstić information content (AvgIpc) is 2.94. The Morgan fingerprint density at radius 3 is 2.72 bits per heavy atom. The second-order valence-electron chi connectivity index (χ2n) is 5.63. The molecule has 0 unspecified atom stereocenters. The standard InChI is InChI=1S/C18H18N4O3/c1-4-25-18(24)16-17(22-10-12(3)6-8-15(22)19-16)21-20-13-9-11(2)5-7-14(13)23/h5-10,23H,4H2,1-3H3. The minimum absolute atomic E-state index is 0.0111. The maximum Gasteiger partial charge on any atom is 0.360 e. The number of hydrogen-bond acceptors (Lipinski definition) is 6. The molecule has 0 aliphatic heterocycles. The molecule has 0 aliphatic rings. The van der Waals surface area contributed by atoms with Gasteiger partial charge < -0.3 is 9.84 Å². The Balaban J connectivity index is 2.13. The number of aryl methyl sites for hydroxylation is 2. The number of aromatic hydroxyl groups is 1. The first-order valence-electron chi connectivity index (χ1n) is 7.86. The van der Waals surface area contributed by atoms with Crippen molar-refractivity contribution in [2.45, 2.75) is 20.8 Å². The predicted octanol–water partition coefficient (Wildman–Crippen LogP) is 4.25. The second kappa shape index (κ2) is 6.72. The minimum atomic E-state index is -0.564. The number of pyridine rings is 1. The van der Waals surface area contributed by atoms with E-state index in [0.717, 1.165) is 11.1 Å². The van der Waals surface area contributed by atoms with Gasteiger partial charge in [0.05, 0.1) is 6.61 Å². The Hall–Kier alpha value is -3.22. The molecule has 0 saturated carbocycles. The third-order valence-corrected chi connectivity index (χ3v) is 3.59. The summed E-state index contributed by atoms with van der Waals surface area (Å²) in [5, 5.41) is 18.2. The lowest BCUT2D eigenvalue weighted by Crippen LogP contribution is -2.05. The fourth-order valence-corrected chi connectivity index (χ4v) is 2.39.